The number of hydrogen-bond acceptors (Lipinski definition) is 3. The summed E-state index contributed by atoms with van der Waals surface area (Å²) >= 11 is 7.09. The van der Waals surface area contributed by atoms with E-state index in [-0.39, 0.29) is 6.10 Å². The van der Waals surface area contributed by atoms with Gasteiger partial charge in [0.25, 0.3) is 0 Å². The topological polar surface area (TPSA) is 22.1 Å². The molecule has 0 N–H and O–H groups in total. The molecule has 0 saturated heterocycles. The van der Waals surface area contributed by atoms with Crippen LogP contribution in [0.3, 0.4) is 0 Å². The van der Waals surface area contributed by atoms with Gasteiger partial charge in [-0.1, -0.05) is 11.6 Å². The molecule has 0 aromatic carbocycles. The molecule has 2 nitrogen and oxygen atoms in total. The number of hydrogen-bond donors (Lipinski definition) is 0. The number of halogens is 1. The minimum atomic E-state index is 0.260. The van der Waals surface area contributed by atoms with Crippen molar-refractivity contribution in [2.24, 2.45) is 0 Å². The smallest absolute Gasteiger partial charge is 0.183 e. The lowest BCUT2D eigenvalue weighted by molar-refractivity contribution is 0.0673. The van der Waals surface area contributed by atoms with E-state index in [0.717, 1.165) is 4.88 Å². The van der Waals surface area contributed by atoms with E-state index in [1.165, 1.54) is 11.3 Å². The van der Waals surface area contributed by atoms with Gasteiger partial charge in [-0.3, -0.25) is 0 Å². The summed E-state index contributed by atoms with van der Waals surface area (Å²) in [5, 5.41) is 0. The molecule has 0 aliphatic carbocycles. The third-order valence-corrected chi connectivity index (χ3v) is 2.17. The van der Waals surface area contributed by atoms with Gasteiger partial charge in [-0.05, 0) is 13.8 Å². The van der Waals surface area contributed by atoms with Crippen molar-refractivity contribution < 1.29 is 4.74 Å². The minimum absolute atomic E-state index is 0.260. The molecule has 1 aromatic rings. The van der Waals surface area contributed by atoms with Crippen LogP contribution in [0.5, 0.6) is 0 Å². The molecule has 0 fully saturated rings. The molecule has 11 heavy (non-hydrogen) atoms. The average Bonchev–Trinajstić information content (AvgIpc) is 2.31. The number of thiazole rings is 1. The lowest BCUT2D eigenvalue weighted by Gasteiger charge is -2.03. The molecule has 0 aliphatic heterocycles. The molecule has 1 rings (SSSR count). The van der Waals surface area contributed by atoms with Gasteiger partial charge in [0.15, 0.2) is 4.47 Å². The molecule has 1 aromatic heterocycles. The van der Waals surface area contributed by atoms with E-state index in [9.17, 15) is 0 Å². The van der Waals surface area contributed by atoms with Gasteiger partial charge in [-0.2, -0.15) is 0 Å². The zero-order valence-corrected chi connectivity index (χ0v) is 8.08. The average molecular weight is 192 g/mol. The molecule has 0 aliphatic rings. The van der Waals surface area contributed by atoms with Crippen LogP contribution in [0.25, 0.3) is 0 Å². The van der Waals surface area contributed by atoms with Crippen LogP contribution in [0.1, 0.15) is 18.7 Å². The van der Waals surface area contributed by atoms with Gasteiger partial charge in [0.05, 0.1) is 17.6 Å². The summed E-state index contributed by atoms with van der Waals surface area (Å²) in [5.74, 6) is 0. The Hall–Kier alpha value is -0.120. The van der Waals surface area contributed by atoms with Crippen LogP contribution in [0.4, 0.5) is 0 Å². The number of ether oxygens (including phenoxy) is 1. The van der Waals surface area contributed by atoms with Crippen molar-refractivity contribution in [1.82, 2.24) is 4.98 Å². The van der Waals surface area contributed by atoms with Gasteiger partial charge < -0.3 is 4.74 Å². The van der Waals surface area contributed by atoms with Crippen molar-refractivity contribution >= 4 is 22.9 Å². The van der Waals surface area contributed by atoms with Crippen molar-refractivity contribution in [1.29, 1.82) is 0 Å². The SMILES string of the molecule is CC(C)OCc1cnc(Cl)s1. The molecule has 0 amide bonds. The summed E-state index contributed by atoms with van der Waals surface area (Å²) in [6, 6.07) is 0. The fourth-order valence-electron chi connectivity index (χ4n) is 0.599. The van der Waals surface area contributed by atoms with Gasteiger partial charge in [0, 0.05) is 6.20 Å². The first-order chi connectivity index (χ1) is 5.18. The van der Waals surface area contributed by atoms with Crippen LogP contribution >= 0.6 is 22.9 Å². The Kier molecular flexibility index (Phi) is 3.30. The van der Waals surface area contributed by atoms with Crippen molar-refractivity contribution in [2.45, 2.75) is 26.6 Å². The molecule has 62 valence electrons. The predicted octanol–water partition coefficient (Wildman–Crippen LogP) is 2.72. The standard InChI is InChI=1S/C7H10ClNOS/c1-5(2)10-4-6-3-9-7(8)11-6/h3,5H,4H2,1-2H3. The fourth-order valence-corrected chi connectivity index (χ4v) is 1.50. The highest BCUT2D eigenvalue weighted by Gasteiger charge is 2.00. The van der Waals surface area contributed by atoms with Crippen molar-refractivity contribution in [2.75, 3.05) is 0 Å². The van der Waals surface area contributed by atoms with E-state index in [1.807, 2.05) is 13.8 Å². The molecule has 0 bridgehead atoms. The van der Waals surface area contributed by atoms with Crippen LogP contribution in [-0.2, 0) is 11.3 Å². The van der Waals surface area contributed by atoms with E-state index in [2.05, 4.69) is 4.98 Å². The Morgan fingerprint density at radius 3 is 2.91 bits per heavy atom. The molecule has 0 spiro atoms. The molecule has 0 unspecified atom stereocenters. The summed E-state index contributed by atoms with van der Waals surface area (Å²) in [6.07, 6.45) is 2.01. The maximum absolute atomic E-state index is 5.63. The van der Waals surface area contributed by atoms with E-state index in [4.69, 9.17) is 16.3 Å². The van der Waals surface area contributed by atoms with E-state index >= 15 is 0 Å². The predicted molar refractivity (Wildman–Crippen MR) is 47.0 cm³/mol. The first kappa shape index (κ1) is 8.97. The normalized spacial score (nSPS) is 10.9. The molecular weight excluding hydrogens is 182 g/mol. The van der Waals surface area contributed by atoms with Crippen LogP contribution in [0, 0.1) is 0 Å². The number of rotatable bonds is 3. The largest absolute Gasteiger partial charge is 0.373 e. The third-order valence-electron chi connectivity index (χ3n) is 1.08. The second-order valence-corrected chi connectivity index (χ2v) is 4.14. The van der Waals surface area contributed by atoms with Crippen molar-refractivity contribution in [3.63, 3.8) is 0 Å². The lowest BCUT2D eigenvalue weighted by atomic mass is 10.5. The Morgan fingerprint density at radius 2 is 2.45 bits per heavy atom. The van der Waals surface area contributed by atoms with Crippen molar-refractivity contribution in [3.8, 4) is 0 Å². The lowest BCUT2D eigenvalue weighted by Crippen LogP contribution is -2.00. The van der Waals surface area contributed by atoms with Crippen LogP contribution < -0.4 is 0 Å². The summed E-state index contributed by atoms with van der Waals surface area (Å²) < 4.78 is 5.93. The van der Waals surface area contributed by atoms with Gasteiger partial charge in [-0.15, -0.1) is 11.3 Å². The first-order valence-corrected chi connectivity index (χ1v) is 4.59. The fraction of sp³-hybridized carbons (Fsp3) is 0.571. The van der Waals surface area contributed by atoms with Crippen LogP contribution in [-0.4, -0.2) is 11.1 Å². The summed E-state index contributed by atoms with van der Waals surface area (Å²) in [5.41, 5.74) is 0. The molecule has 0 atom stereocenters. The monoisotopic (exact) mass is 191 g/mol. The Balaban J connectivity index is 2.39. The molecule has 0 radical (unpaired) electrons. The zero-order chi connectivity index (χ0) is 8.27. The van der Waals surface area contributed by atoms with E-state index in [1.54, 1.807) is 6.20 Å². The summed E-state index contributed by atoms with van der Waals surface area (Å²) in [4.78, 5) is 4.97. The van der Waals surface area contributed by atoms with Gasteiger partial charge in [0.1, 0.15) is 0 Å². The van der Waals surface area contributed by atoms with Crippen LogP contribution in [0.2, 0.25) is 4.47 Å². The summed E-state index contributed by atoms with van der Waals surface area (Å²) in [6.45, 7) is 4.62. The first-order valence-electron chi connectivity index (χ1n) is 3.40. The molecule has 0 saturated carbocycles. The second-order valence-electron chi connectivity index (χ2n) is 2.44. The minimum Gasteiger partial charge on any atom is -0.373 e. The number of aromatic nitrogens is 1. The van der Waals surface area contributed by atoms with E-state index < -0.39 is 0 Å². The third kappa shape index (κ3) is 3.18. The molecule has 1 heterocycles. The summed E-state index contributed by atoms with van der Waals surface area (Å²) in [7, 11) is 0. The highest BCUT2D eigenvalue weighted by molar-refractivity contribution is 7.15. The maximum Gasteiger partial charge on any atom is 0.183 e. The van der Waals surface area contributed by atoms with Crippen LogP contribution in [0.15, 0.2) is 6.20 Å². The van der Waals surface area contributed by atoms with E-state index in [0.29, 0.717) is 11.1 Å². The zero-order valence-electron chi connectivity index (χ0n) is 6.50. The van der Waals surface area contributed by atoms with Gasteiger partial charge in [-0.25, -0.2) is 4.98 Å². The van der Waals surface area contributed by atoms with Crippen molar-refractivity contribution in [3.05, 3.63) is 15.5 Å². The molecule has 4 heteroatoms. The Bertz CT molecular complexity index is 224. The van der Waals surface area contributed by atoms with Gasteiger partial charge >= 0.3 is 0 Å². The Labute approximate surface area is 75.2 Å². The Morgan fingerprint density at radius 1 is 1.73 bits per heavy atom. The highest BCUT2D eigenvalue weighted by Crippen LogP contribution is 2.18. The molecular formula is C7H10ClNOS. The quantitative estimate of drug-likeness (QED) is 0.733. The number of nitrogens with zero attached hydrogens (tertiary/aromatic N) is 1. The van der Waals surface area contributed by atoms with Gasteiger partial charge in [0.2, 0.25) is 0 Å². The second kappa shape index (κ2) is 4.04. The highest BCUT2D eigenvalue weighted by atomic mass is 35.5. The maximum atomic E-state index is 5.63.